The maximum atomic E-state index is 12.0. The number of carboxylic acid groups (broad SMARTS) is 1. The van der Waals surface area contributed by atoms with Crippen molar-refractivity contribution >= 4 is 35.3 Å². The van der Waals surface area contributed by atoms with Gasteiger partial charge in [-0.1, -0.05) is 23.2 Å². The van der Waals surface area contributed by atoms with Crippen molar-refractivity contribution in [3.8, 4) is 0 Å². The number of benzene rings is 1. The Labute approximate surface area is 139 Å². The number of amides is 1. The van der Waals surface area contributed by atoms with Crippen LogP contribution in [0, 0.1) is 0 Å². The predicted molar refractivity (Wildman–Crippen MR) is 85.6 cm³/mol. The second-order valence-electron chi connectivity index (χ2n) is 5.89. The first kappa shape index (κ1) is 18.6. The number of ether oxygens (including phenoxy) is 1. The highest BCUT2D eigenvalue weighted by Gasteiger charge is 2.30. The molecule has 1 aromatic rings. The Morgan fingerprint density at radius 3 is 2.41 bits per heavy atom. The molecule has 1 atom stereocenters. The molecule has 1 N–H and O–H groups in total. The summed E-state index contributed by atoms with van der Waals surface area (Å²) < 4.78 is 5.19. The molecule has 0 saturated heterocycles. The maximum absolute atomic E-state index is 12.0. The summed E-state index contributed by atoms with van der Waals surface area (Å²) in [5.74, 6) is -1.15. The summed E-state index contributed by atoms with van der Waals surface area (Å²) in [7, 11) is 1.38. The van der Waals surface area contributed by atoms with Gasteiger partial charge in [-0.05, 0) is 44.5 Å². The number of likely N-dealkylation sites (N-methyl/N-ethyl adjacent to an activating group) is 1. The Morgan fingerprint density at radius 2 is 1.91 bits per heavy atom. The van der Waals surface area contributed by atoms with Crippen LogP contribution in [0.4, 0.5) is 4.79 Å². The van der Waals surface area contributed by atoms with Crippen molar-refractivity contribution in [2.75, 3.05) is 7.05 Å². The van der Waals surface area contributed by atoms with E-state index < -0.39 is 23.7 Å². The Hall–Kier alpha value is -1.46. The summed E-state index contributed by atoms with van der Waals surface area (Å²) in [6.45, 7) is 5.13. The maximum Gasteiger partial charge on any atom is 0.410 e. The Kier molecular flexibility index (Phi) is 6.08. The molecule has 122 valence electrons. The van der Waals surface area contributed by atoms with Gasteiger partial charge in [0.2, 0.25) is 0 Å². The van der Waals surface area contributed by atoms with Crippen molar-refractivity contribution in [1.29, 1.82) is 0 Å². The number of hydrogen-bond donors (Lipinski definition) is 1. The van der Waals surface area contributed by atoms with E-state index >= 15 is 0 Å². The fourth-order valence-corrected chi connectivity index (χ4v) is 2.15. The van der Waals surface area contributed by atoms with Crippen LogP contribution in [0.2, 0.25) is 10.0 Å². The lowest BCUT2D eigenvalue weighted by Gasteiger charge is -2.28. The Morgan fingerprint density at radius 1 is 1.32 bits per heavy atom. The van der Waals surface area contributed by atoms with Gasteiger partial charge < -0.3 is 9.84 Å². The summed E-state index contributed by atoms with van der Waals surface area (Å²) in [5, 5.41) is 10.2. The van der Waals surface area contributed by atoms with E-state index in [0.717, 1.165) is 4.90 Å². The topological polar surface area (TPSA) is 66.8 Å². The minimum Gasteiger partial charge on any atom is -0.480 e. The molecule has 1 amide bonds. The zero-order valence-electron chi connectivity index (χ0n) is 12.9. The van der Waals surface area contributed by atoms with Gasteiger partial charge in [0.1, 0.15) is 11.6 Å². The van der Waals surface area contributed by atoms with E-state index in [4.69, 9.17) is 27.9 Å². The fraction of sp³-hybridized carbons (Fsp3) is 0.467. The molecule has 0 unspecified atom stereocenters. The largest absolute Gasteiger partial charge is 0.480 e. The zero-order valence-corrected chi connectivity index (χ0v) is 14.4. The van der Waals surface area contributed by atoms with Crippen LogP contribution in [0.15, 0.2) is 18.2 Å². The number of hydrogen-bond acceptors (Lipinski definition) is 3. The zero-order chi connectivity index (χ0) is 17.1. The van der Waals surface area contributed by atoms with Gasteiger partial charge in [-0.25, -0.2) is 9.59 Å². The lowest BCUT2D eigenvalue weighted by Crippen LogP contribution is -2.46. The molecule has 0 aliphatic carbocycles. The monoisotopic (exact) mass is 347 g/mol. The van der Waals surface area contributed by atoms with Crippen LogP contribution in [0.1, 0.15) is 26.3 Å². The van der Waals surface area contributed by atoms with Crippen LogP contribution in [0.25, 0.3) is 0 Å². The molecule has 5 nitrogen and oxygen atoms in total. The molecule has 0 bridgehead atoms. The average Bonchev–Trinajstić information content (AvgIpc) is 2.36. The quantitative estimate of drug-likeness (QED) is 0.897. The third kappa shape index (κ3) is 5.39. The smallest absolute Gasteiger partial charge is 0.410 e. The first-order valence-corrected chi connectivity index (χ1v) is 7.39. The fourth-order valence-electron chi connectivity index (χ4n) is 1.76. The molecule has 0 heterocycles. The molecule has 7 heteroatoms. The number of nitrogens with zero attached hydrogens (tertiary/aromatic N) is 1. The molecule has 0 fully saturated rings. The summed E-state index contributed by atoms with van der Waals surface area (Å²) in [4.78, 5) is 24.6. The van der Waals surface area contributed by atoms with E-state index in [1.165, 1.54) is 7.05 Å². The molecule has 0 radical (unpaired) electrons. The standard InChI is InChI=1S/C15H19Cl2NO4/c1-15(2,3)22-14(21)18(4)12(13(19)20)8-9-7-10(16)5-6-11(9)17/h5-7,12H,8H2,1-4H3,(H,19,20)/t12-/m0/s1. The van der Waals surface area contributed by atoms with Gasteiger partial charge in [0.25, 0.3) is 0 Å². The predicted octanol–water partition coefficient (Wildman–Crippen LogP) is 3.86. The average molecular weight is 348 g/mol. The van der Waals surface area contributed by atoms with Gasteiger partial charge in [0.05, 0.1) is 0 Å². The van der Waals surface area contributed by atoms with E-state index in [-0.39, 0.29) is 6.42 Å². The van der Waals surface area contributed by atoms with Crippen LogP contribution in [-0.4, -0.2) is 40.8 Å². The number of halogens is 2. The van der Waals surface area contributed by atoms with Gasteiger partial charge in [0, 0.05) is 23.5 Å². The third-order valence-corrected chi connectivity index (χ3v) is 3.46. The molecular weight excluding hydrogens is 329 g/mol. The third-order valence-electron chi connectivity index (χ3n) is 2.86. The van der Waals surface area contributed by atoms with Crippen molar-refractivity contribution in [3.05, 3.63) is 33.8 Å². The highest BCUT2D eigenvalue weighted by atomic mass is 35.5. The lowest BCUT2D eigenvalue weighted by atomic mass is 10.1. The molecule has 22 heavy (non-hydrogen) atoms. The van der Waals surface area contributed by atoms with Crippen molar-refractivity contribution in [1.82, 2.24) is 4.90 Å². The number of aliphatic carboxylic acids is 1. The minimum absolute atomic E-state index is 0.0322. The molecule has 1 aromatic carbocycles. The van der Waals surface area contributed by atoms with Crippen molar-refractivity contribution < 1.29 is 19.4 Å². The summed E-state index contributed by atoms with van der Waals surface area (Å²) >= 11 is 11.9. The molecule has 1 rings (SSSR count). The lowest BCUT2D eigenvalue weighted by molar-refractivity contribution is -0.142. The Balaban J connectivity index is 2.96. The highest BCUT2D eigenvalue weighted by molar-refractivity contribution is 6.33. The van der Waals surface area contributed by atoms with E-state index in [9.17, 15) is 14.7 Å². The second-order valence-corrected chi connectivity index (χ2v) is 6.73. The van der Waals surface area contributed by atoms with E-state index in [0.29, 0.717) is 15.6 Å². The van der Waals surface area contributed by atoms with Gasteiger partial charge in [0.15, 0.2) is 0 Å². The number of carbonyl (C=O) groups excluding carboxylic acids is 1. The van der Waals surface area contributed by atoms with Gasteiger partial charge in [-0.15, -0.1) is 0 Å². The van der Waals surface area contributed by atoms with Crippen LogP contribution in [0.5, 0.6) is 0 Å². The van der Waals surface area contributed by atoms with Crippen molar-refractivity contribution in [2.45, 2.75) is 38.8 Å². The molecular formula is C15H19Cl2NO4. The molecule has 0 aliphatic rings. The van der Waals surface area contributed by atoms with Gasteiger partial charge in [-0.3, -0.25) is 4.90 Å². The Bertz CT molecular complexity index is 569. The molecule has 0 spiro atoms. The van der Waals surface area contributed by atoms with Crippen LogP contribution in [-0.2, 0) is 16.0 Å². The summed E-state index contributed by atoms with van der Waals surface area (Å²) in [6.07, 6.45) is -0.678. The van der Waals surface area contributed by atoms with E-state index in [1.54, 1.807) is 39.0 Å². The number of carboxylic acids is 1. The number of rotatable bonds is 4. The van der Waals surface area contributed by atoms with Crippen molar-refractivity contribution in [2.24, 2.45) is 0 Å². The second kappa shape index (κ2) is 7.20. The minimum atomic E-state index is -1.15. The SMILES string of the molecule is CN(C(=O)OC(C)(C)C)[C@@H](Cc1cc(Cl)ccc1Cl)C(=O)O. The van der Waals surface area contributed by atoms with Crippen LogP contribution >= 0.6 is 23.2 Å². The van der Waals surface area contributed by atoms with Gasteiger partial charge in [-0.2, -0.15) is 0 Å². The molecule has 0 aliphatic heterocycles. The molecule has 0 aromatic heterocycles. The van der Waals surface area contributed by atoms with E-state index in [2.05, 4.69) is 0 Å². The normalized spacial score (nSPS) is 12.6. The summed E-state index contributed by atoms with van der Waals surface area (Å²) in [6, 6.07) is 3.68. The first-order chi connectivity index (χ1) is 10.0. The molecule has 0 saturated carbocycles. The van der Waals surface area contributed by atoms with Crippen LogP contribution in [0.3, 0.4) is 0 Å². The summed E-state index contributed by atoms with van der Waals surface area (Å²) in [5.41, 5.74) is -0.153. The first-order valence-electron chi connectivity index (χ1n) is 6.64. The van der Waals surface area contributed by atoms with Crippen LogP contribution < -0.4 is 0 Å². The van der Waals surface area contributed by atoms with Crippen molar-refractivity contribution in [3.63, 3.8) is 0 Å². The van der Waals surface area contributed by atoms with E-state index in [1.807, 2.05) is 0 Å². The van der Waals surface area contributed by atoms with Gasteiger partial charge >= 0.3 is 12.1 Å². The highest BCUT2D eigenvalue weighted by Crippen LogP contribution is 2.23. The number of carbonyl (C=O) groups is 2.